The number of nitrogens with one attached hydrogen (secondary N) is 1. The van der Waals surface area contributed by atoms with Crippen LogP contribution in [0.25, 0.3) is 0 Å². The lowest BCUT2D eigenvalue weighted by atomic mass is 9.75. The molecule has 2 aliphatic carbocycles. The molecular weight excluding hydrogens is 249 g/mol. The Morgan fingerprint density at radius 1 is 1.25 bits per heavy atom. The Morgan fingerprint density at radius 2 is 2.05 bits per heavy atom. The Balaban J connectivity index is 1.49. The third-order valence-electron chi connectivity index (χ3n) is 5.66. The summed E-state index contributed by atoms with van der Waals surface area (Å²) in [6.45, 7) is 4.72. The zero-order valence-corrected chi connectivity index (χ0v) is 12.6. The smallest absolute Gasteiger partial charge is 0.123 e. The molecule has 0 saturated heterocycles. The van der Waals surface area contributed by atoms with Crippen molar-refractivity contribution in [1.82, 2.24) is 5.32 Å². The van der Waals surface area contributed by atoms with Crippen molar-refractivity contribution in [2.75, 3.05) is 0 Å². The molecule has 20 heavy (non-hydrogen) atoms. The molecular formula is C18H26FN. The van der Waals surface area contributed by atoms with Crippen molar-refractivity contribution in [3.63, 3.8) is 0 Å². The number of halogens is 1. The minimum absolute atomic E-state index is 0.103. The topological polar surface area (TPSA) is 12.0 Å². The van der Waals surface area contributed by atoms with Gasteiger partial charge < -0.3 is 5.32 Å². The van der Waals surface area contributed by atoms with Crippen LogP contribution in [0.5, 0.6) is 0 Å². The Hall–Kier alpha value is -0.890. The molecule has 0 aromatic heterocycles. The van der Waals surface area contributed by atoms with Crippen LogP contribution in [0, 0.1) is 17.7 Å². The lowest BCUT2D eigenvalue weighted by Crippen LogP contribution is -2.46. The zero-order valence-electron chi connectivity index (χ0n) is 12.6. The van der Waals surface area contributed by atoms with E-state index in [0.29, 0.717) is 18.0 Å². The summed E-state index contributed by atoms with van der Waals surface area (Å²) in [4.78, 5) is 0. The van der Waals surface area contributed by atoms with Gasteiger partial charge in [0, 0.05) is 12.1 Å². The molecule has 0 heterocycles. The van der Waals surface area contributed by atoms with Gasteiger partial charge in [0.15, 0.2) is 0 Å². The maximum atomic E-state index is 13.2. The molecule has 0 spiro atoms. The van der Waals surface area contributed by atoms with Crippen LogP contribution in [-0.2, 0) is 0 Å². The fourth-order valence-corrected chi connectivity index (χ4v) is 4.15. The molecule has 0 amide bonds. The number of benzene rings is 1. The van der Waals surface area contributed by atoms with Crippen LogP contribution in [-0.4, -0.2) is 12.1 Å². The first kappa shape index (κ1) is 14.1. The highest BCUT2D eigenvalue weighted by atomic mass is 19.1. The quantitative estimate of drug-likeness (QED) is 0.854. The summed E-state index contributed by atoms with van der Waals surface area (Å²) in [5.74, 6) is 2.18. The highest BCUT2D eigenvalue weighted by molar-refractivity contribution is 5.23. The van der Waals surface area contributed by atoms with Gasteiger partial charge in [0.1, 0.15) is 5.82 Å². The normalized spacial score (nSPS) is 36.9. The first-order valence-electron chi connectivity index (χ1n) is 8.19. The van der Waals surface area contributed by atoms with Crippen LogP contribution >= 0.6 is 0 Å². The predicted molar refractivity (Wildman–Crippen MR) is 81.3 cm³/mol. The first-order valence-corrected chi connectivity index (χ1v) is 8.19. The lowest BCUT2D eigenvalue weighted by molar-refractivity contribution is 0.235. The van der Waals surface area contributed by atoms with E-state index in [1.165, 1.54) is 43.7 Å². The van der Waals surface area contributed by atoms with E-state index < -0.39 is 0 Å². The third-order valence-corrected chi connectivity index (χ3v) is 5.66. The van der Waals surface area contributed by atoms with E-state index in [4.69, 9.17) is 0 Å². The summed E-state index contributed by atoms with van der Waals surface area (Å²) in [5, 5.41) is 3.85. The summed E-state index contributed by atoms with van der Waals surface area (Å²) in [6, 6.07) is 8.48. The van der Waals surface area contributed by atoms with Crippen molar-refractivity contribution in [1.29, 1.82) is 0 Å². The van der Waals surface area contributed by atoms with E-state index in [0.717, 1.165) is 11.8 Å². The third kappa shape index (κ3) is 2.76. The average Bonchev–Trinajstić information content (AvgIpc) is 2.74. The molecule has 3 unspecified atom stereocenters. The summed E-state index contributed by atoms with van der Waals surface area (Å²) < 4.78 is 13.2. The Morgan fingerprint density at radius 3 is 2.70 bits per heavy atom. The highest BCUT2D eigenvalue weighted by Crippen LogP contribution is 2.40. The highest BCUT2D eigenvalue weighted by Gasteiger charge is 2.36. The monoisotopic (exact) mass is 275 g/mol. The van der Waals surface area contributed by atoms with Gasteiger partial charge in [-0.1, -0.05) is 32.4 Å². The molecule has 1 aromatic carbocycles. The van der Waals surface area contributed by atoms with Crippen molar-refractivity contribution >= 4 is 0 Å². The number of hydrogen-bond acceptors (Lipinski definition) is 1. The Labute approximate surface area is 122 Å². The molecule has 1 aromatic rings. The van der Waals surface area contributed by atoms with Gasteiger partial charge in [-0.3, -0.25) is 0 Å². The SMILES string of the molecule is CCC1CCC(NC2CC(c3cccc(F)c3)C2)C1C. The standard InChI is InChI=1S/C18H26FN/c1-3-13-7-8-18(12(13)2)20-17-10-15(11-17)14-5-4-6-16(19)9-14/h4-6,9,12-13,15,17-18,20H,3,7-8,10-11H2,1-2H3. The molecule has 2 saturated carbocycles. The summed E-state index contributed by atoms with van der Waals surface area (Å²) in [6.07, 6.45) is 6.37. The van der Waals surface area contributed by atoms with Crippen molar-refractivity contribution in [3.05, 3.63) is 35.6 Å². The van der Waals surface area contributed by atoms with Gasteiger partial charge in [-0.15, -0.1) is 0 Å². The van der Waals surface area contributed by atoms with Gasteiger partial charge in [0.25, 0.3) is 0 Å². The fraction of sp³-hybridized carbons (Fsp3) is 0.667. The van der Waals surface area contributed by atoms with E-state index in [-0.39, 0.29) is 5.82 Å². The van der Waals surface area contributed by atoms with E-state index in [2.05, 4.69) is 25.2 Å². The summed E-state index contributed by atoms with van der Waals surface area (Å²) in [5.41, 5.74) is 1.17. The van der Waals surface area contributed by atoms with Crippen LogP contribution < -0.4 is 5.32 Å². The van der Waals surface area contributed by atoms with Crippen molar-refractivity contribution < 1.29 is 4.39 Å². The van der Waals surface area contributed by atoms with Crippen LogP contribution in [0.3, 0.4) is 0 Å². The molecule has 0 radical (unpaired) electrons. The molecule has 0 bridgehead atoms. The van der Waals surface area contributed by atoms with Crippen LogP contribution in [0.15, 0.2) is 24.3 Å². The second kappa shape index (κ2) is 5.85. The van der Waals surface area contributed by atoms with E-state index in [1.807, 2.05) is 6.07 Å². The van der Waals surface area contributed by atoms with E-state index in [9.17, 15) is 4.39 Å². The maximum absolute atomic E-state index is 13.2. The van der Waals surface area contributed by atoms with Gasteiger partial charge in [0.05, 0.1) is 0 Å². The van der Waals surface area contributed by atoms with Gasteiger partial charge in [-0.05, 0) is 61.1 Å². The van der Waals surface area contributed by atoms with Crippen molar-refractivity contribution in [2.45, 2.75) is 64.0 Å². The minimum Gasteiger partial charge on any atom is -0.311 e. The second-order valence-electron chi connectivity index (χ2n) is 6.80. The fourth-order valence-electron chi connectivity index (χ4n) is 4.15. The molecule has 3 rings (SSSR count). The van der Waals surface area contributed by atoms with E-state index >= 15 is 0 Å². The van der Waals surface area contributed by atoms with Gasteiger partial charge in [-0.25, -0.2) is 4.39 Å². The largest absolute Gasteiger partial charge is 0.311 e. The molecule has 2 fully saturated rings. The van der Waals surface area contributed by atoms with Crippen LogP contribution in [0.1, 0.15) is 57.4 Å². The average molecular weight is 275 g/mol. The minimum atomic E-state index is -0.103. The van der Waals surface area contributed by atoms with Crippen LogP contribution in [0.2, 0.25) is 0 Å². The lowest BCUT2D eigenvalue weighted by Gasteiger charge is -2.39. The van der Waals surface area contributed by atoms with Gasteiger partial charge in [-0.2, -0.15) is 0 Å². The van der Waals surface area contributed by atoms with Gasteiger partial charge >= 0.3 is 0 Å². The van der Waals surface area contributed by atoms with Gasteiger partial charge in [0.2, 0.25) is 0 Å². The van der Waals surface area contributed by atoms with Crippen molar-refractivity contribution in [2.24, 2.45) is 11.8 Å². The number of hydrogen-bond donors (Lipinski definition) is 1. The predicted octanol–water partition coefficient (Wildman–Crippen LogP) is 4.49. The summed E-state index contributed by atoms with van der Waals surface area (Å²) >= 11 is 0. The zero-order chi connectivity index (χ0) is 14.1. The molecule has 1 nitrogen and oxygen atoms in total. The van der Waals surface area contributed by atoms with Crippen LogP contribution in [0.4, 0.5) is 4.39 Å². The molecule has 1 N–H and O–H groups in total. The Bertz CT molecular complexity index is 452. The number of rotatable bonds is 4. The maximum Gasteiger partial charge on any atom is 0.123 e. The molecule has 3 atom stereocenters. The molecule has 2 aliphatic rings. The second-order valence-corrected chi connectivity index (χ2v) is 6.80. The molecule has 110 valence electrons. The first-order chi connectivity index (χ1) is 9.67. The molecule has 2 heteroatoms. The van der Waals surface area contributed by atoms with Crippen molar-refractivity contribution in [3.8, 4) is 0 Å². The Kier molecular flexibility index (Phi) is 4.11. The van der Waals surface area contributed by atoms with E-state index in [1.54, 1.807) is 6.07 Å². The molecule has 0 aliphatic heterocycles. The summed E-state index contributed by atoms with van der Waals surface area (Å²) in [7, 11) is 0.